The highest BCUT2D eigenvalue weighted by Gasteiger charge is 2.28. The van der Waals surface area contributed by atoms with Crippen molar-refractivity contribution in [3.8, 4) is 23.0 Å². The third-order valence-electron chi connectivity index (χ3n) is 3.39. The van der Waals surface area contributed by atoms with Crippen LogP contribution in [0.5, 0.6) is 23.0 Å². The summed E-state index contributed by atoms with van der Waals surface area (Å²) >= 11 is 0. The highest BCUT2D eigenvalue weighted by atomic mass is 31.1. The van der Waals surface area contributed by atoms with Gasteiger partial charge in [-0.3, -0.25) is 0 Å². The second-order valence-electron chi connectivity index (χ2n) is 4.50. The molecular formula is C17H21O5P. The molecule has 0 spiro atoms. The quantitative estimate of drug-likeness (QED) is 0.728. The highest BCUT2D eigenvalue weighted by molar-refractivity contribution is 7.69. The Bertz CT molecular complexity index is 559. The molecule has 0 aromatic heterocycles. The Labute approximate surface area is 137 Å². The molecule has 0 amide bonds. The third-order valence-corrected chi connectivity index (χ3v) is 5.45. The van der Waals surface area contributed by atoms with Gasteiger partial charge < -0.3 is 23.5 Å². The van der Waals surface area contributed by atoms with Gasteiger partial charge in [-0.05, 0) is 24.3 Å². The number of rotatable bonds is 7. The van der Waals surface area contributed by atoms with Crippen LogP contribution in [0.25, 0.3) is 0 Å². The summed E-state index contributed by atoms with van der Waals surface area (Å²) in [6, 6.07) is 11.3. The van der Waals surface area contributed by atoms with E-state index in [2.05, 4.69) is 0 Å². The topological polar surface area (TPSA) is 46.2 Å². The summed E-state index contributed by atoms with van der Waals surface area (Å²) in [4.78, 5) is 0. The van der Waals surface area contributed by atoms with Crippen LogP contribution < -0.4 is 29.6 Å². The summed E-state index contributed by atoms with van der Waals surface area (Å²) in [7, 11) is 6.90. The van der Waals surface area contributed by atoms with Gasteiger partial charge in [0.2, 0.25) is 0 Å². The molecule has 0 aliphatic carbocycles. The normalized spacial score (nSPS) is 10.5. The van der Waals surface area contributed by atoms with Gasteiger partial charge in [0.05, 0.1) is 39.0 Å². The van der Waals surface area contributed by atoms with E-state index in [0.29, 0.717) is 23.0 Å². The van der Waals surface area contributed by atoms with Crippen molar-refractivity contribution < 1.29 is 23.5 Å². The van der Waals surface area contributed by atoms with E-state index in [1.54, 1.807) is 35.5 Å². The Morgan fingerprint density at radius 3 is 1.09 bits per heavy atom. The molecule has 2 rings (SSSR count). The van der Waals surface area contributed by atoms with E-state index in [9.17, 15) is 0 Å². The lowest BCUT2D eigenvalue weighted by molar-refractivity contribution is 0.394. The first kappa shape index (κ1) is 17.4. The van der Waals surface area contributed by atoms with Crippen LogP contribution in [0, 0.1) is 0 Å². The molecule has 0 saturated carbocycles. The van der Waals surface area contributed by atoms with E-state index in [1.165, 1.54) is 0 Å². The number of hydrogen-bond donors (Lipinski definition) is 0. The molecule has 2 aromatic carbocycles. The predicted molar refractivity (Wildman–Crippen MR) is 92.3 cm³/mol. The van der Waals surface area contributed by atoms with Crippen LogP contribution in [-0.4, -0.2) is 35.5 Å². The SMILES string of the molecule is COc1cccc(OC)c1P(OC)c1c(OC)cccc1OC. The van der Waals surface area contributed by atoms with Crippen LogP contribution in [0.3, 0.4) is 0 Å². The average Bonchev–Trinajstić information content (AvgIpc) is 2.62. The van der Waals surface area contributed by atoms with Crippen molar-refractivity contribution in [1.29, 1.82) is 0 Å². The molecule has 0 heterocycles. The van der Waals surface area contributed by atoms with Gasteiger partial charge in [-0.2, -0.15) is 0 Å². The van der Waals surface area contributed by atoms with Crippen molar-refractivity contribution in [3.05, 3.63) is 36.4 Å². The molecule has 0 bridgehead atoms. The zero-order valence-electron chi connectivity index (χ0n) is 14.0. The number of hydrogen-bond acceptors (Lipinski definition) is 5. The van der Waals surface area contributed by atoms with Gasteiger partial charge >= 0.3 is 0 Å². The van der Waals surface area contributed by atoms with E-state index in [4.69, 9.17) is 23.5 Å². The Kier molecular flexibility index (Phi) is 6.08. The fraction of sp³-hybridized carbons (Fsp3) is 0.294. The fourth-order valence-electron chi connectivity index (χ4n) is 2.36. The van der Waals surface area contributed by atoms with Gasteiger partial charge in [-0.1, -0.05) is 12.1 Å². The van der Waals surface area contributed by atoms with E-state index in [0.717, 1.165) is 10.6 Å². The molecule has 0 unspecified atom stereocenters. The Hall–Kier alpha value is -1.97. The van der Waals surface area contributed by atoms with Crippen LogP contribution in [0.4, 0.5) is 0 Å². The van der Waals surface area contributed by atoms with Gasteiger partial charge in [0.25, 0.3) is 0 Å². The smallest absolute Gasteiger partial charge is 0.132 e. The summed E-state index contributed by atoms with van der Waals surface area (Å²) in [6.07, 6.45) is 0. The summed E-state index contributed by atoms with van der Waals surface area (Å²) in [5.74, 6) is 2.80. The minimum absolute atomic E-state index is 0.699. The lowest BCUT2D eigenvalue weighted by atomic mass is 10.3. The summed E-state index contributed by atoms with van der Waals surface area (Å²) < 4.78 is 27.9. The van der Waals surface area contributed by atoms with Gasteiger partial charge in [0.15, 0.2) is 0 Å². The summed E-state index contributed by atoms with van der Waals surface area (Å²) in [5, 5.41) is 1.69. The average molecular weight is 336 g/mol. The number of benzene rings is 2. The molecule has 5 nitrogen and oxygen atoms in total. The molecule has 2 aromatic rings. The largest absolute Gasteiger partial charge is 0.496 e. The van der Waals surface area contributed by atoms with Crippen LogP contribution in [0.2, 0.25) is 0 Å². The zero-order valence-corrected chi connectivity index (χ0v) is 14.8. The molecular weight excluding hydrogens is 315 g/mol. The van der Waals surface area contributed by atoms with Crippen LogP contribution in [-0.2, 0) is 4.52 Å². The molecule has 6 heteroatoms. The van der Waals surface area contributed by atoms with E-state index >= 15 is 0 Å². The molecule has 0 saturated heterocycles. The lowest BCUT2D eigenvalue weighted by Gasteiger charge is -2.24. The molecule has 0 aliphatic rings. The molecule has 23 heavy (non-hydrogen) atoms. The Balaban J connectivity index is 2.71. The first-order valence-corrected chi connectivity index (χ1v) is 8.24. The van der Waals surface area contributed by atoms with E-state index in [1.807, 2.05) is 36.4 Å². The lowest BCUT2D eigenvalue weighted by Crippen LogP contribution is -2.20. The second-order valence-corrected chi connectivity index (χ2v) is 6.35. The van der Waals surface area contributed by atoms with Crippen molar-refractivity contribution in [2.45, 2.75) is 0 Å². The van der Waals surface area contributed by atoms with Crippen molar-refractivity contribution in [1.82, 2.24) is 0 Å². The molecule has 0 N–H and O–H groups in total. The maximum atomic E-state index is 5.84. The first-order valence-electron chi connectivity index (χ1n) is 6.98. The maximum Gasteiger partial charge on any atom is 0.132 e. The number of ether oxygens (including phenoxy) is 4. The molecule has 0 aliphatic heterocycles. The summed E-state index contributed by atoms with van der Waals surface area (Å²) in [6.45, 7) is 0. The van der Waals surface area contributed by atoms with Crippen LogP contribution >= 0.6 is 8.15 Å². The third kappa shape index (κ3) is 3.36. The molecule has 124 valence electrons. The van der Waals surface area contributed by atoms with Crippen molar-refractivity contribution in [2.75, 3.05) is 35.5 Å². The van der Waals surface area contributed by atoms with Gasteiger partial charge in [0, 0.05) is 7.11 Å². The fourth-order valence-corrected chi connectivity index (χ4v) is 4.41. The molecule has 0 radical (unpaired) electrons. The highest BCUT2D eigenvalue weighted by Crippen LogP contribution is 2.46. The van der Waals surface area contributed by atoms with E-state index < -0.39 is 8.15 Å². The first-order chi connectivity index (χ1) is 11.2. The Morgan fingerprint density at radius 2 is 0.870 bits per heavy atom. The van der Waals surface area contributed by atoms with Gasteiger partial charge in [-0.25, -0.2) is 0 Å². The van der Waals surface area contributed by atoms with Crippen molar-refractivity contribution in [3.63, 3.8) is 0 Å². The van der Waals surface area contributed by atoms with Crippen molar-refractivity contribution >= 4 is 18.8 Å². The van der Waals surface area contributed by atoms with Crippen LogP contribution in [0.1, 0.15) is 0 Å². The monoisotopic (exact) mass is 336 g/mol. The maximum absolute atomic E-state index is 5.84. The minimum atomic E-state index is -1.26. The molecule has 0 atom stereocenters. The van der Waals surface area contributed by atoms with Crippen molar-refractivity contribution in [2.24, 2.45) is 0 Å². The second kappa shape index (κ2) is 8.04. The van der Waals surface area contributed by atoms with Gasteiger partial charge in [0.1, 0.15) is 31.1 Å². The van der Waals surface area contributed by atoms with E-state index in [-0.39, 0.29) is 0 Å². The number of methoxy groups -OCH3 is 4. The van der Waals surface area contributed by atoms with Gasteiger partial charge in [-0.15, -0.1) is 0 Å². The molecule has 0 fully saturated rings. The zero-order chi connectivity index (χ0) is 16.8. The predicted octanol–water partition coefficient (Wildman–Crippen LogP) is 2.72. The van der Waals surface area contributed by atoms with Crippen LogP contribution in [0.15, 0.2) is 36.4 Å². The minimum Gasteiger partial charge on any atom is -0.496 e. The Morgan fingerprint density at radius 1 is 0.565 bits per heavy atom. The summed E-state index contributed by atoms with van der Waals surface area (Å²) in [5.41, 5.74) is 0. The standard InChI is InChI=1S/C17H21O5P/c1-18-12-8-6-9-13(19-2)16(12)23(22-5)17-14(20-3)10-7-11-15(17)21-4/h6-11H,1-5H3.